The van der Waals surface area contributed by atoms with E-state index in [4.69, 9.17) is 14.6 Å². The first-order valence-electron chi connectivity index (χ1n) is 6.79. The average molecular weight is 260 g/mol. The molecule has 1 N–H and O–H groups in total. The van der Waals surface area contributed by atoms with E-state index in [0.717, 1.165) is 44.9 Å². The molecule has 0 aromatic heterocycles. The van der Waals surface area contributed by atoms with Gasteiger partial charge in [-0.05, 0) is 19.8 Å². The summed E-state index contributed by atoms with van der Waals surface area (Å²) in [6.07, 6.45) is 7.21. The predicted octanol–water partition coefficient (Wildman–Crippen LogP) is 2.54. The number of ether oxygens (including phenoxy) is 2. The van der Waals surface area contributed by atoms with Crippen LogP contribution >= 0.6 is 0 Å². The van der Waals surface area contributed by atoms with E-state index < -0.39 is 5.41 Å². The molecule has 0 fully saturated rings. The van der Waals surface area contributed by atoms with Gasteiger partial charge >= 0.3 is 5.97 Å². The van der Waals surface area contributed by atoms with E-state index in [9.17, 15) is 4.79 Å². The van der Waals surface area contributed by atoms with Gasteiger partial charge in [-0.15, -0.1) is 0 Å². The second kappa shape index (κ2) is 10.3. The third kappa shape index (κ3) is 6.97. The van der Waals surface area contributed by atoms with Crippen LogP contribution in [0.4, 0.5) is 0 Å². The Morgan fingerprint density at radius 3 is 2.11 bits per heavy atom. The van der Waals surface area contributed by atoms with Crippen molar-refractivity contribution < 1.29 is 19.4 Å². The van der Waals surface area contributed by atoms with Crippen LogP contribution in [0.5, 0.6) is 0 Å². The highest BCUT2D eigenvalue weighted by atomic mass is 16.5. The molecule has 0 rings (SSSR count). The fourth-order valence-electron chi connectivity index (χ4n) is 2.13. The smallest absolute Gasteiger partial charge is 0.313 e. The standard InChI is InChI=1S/C14H28O4/c1-14(12-17-2,13(16)18-3)10-8-6-4-5-7-9-11-15/h15H,4-12H2,1-3H3. The summed E-state index contributed by atoms with van der Waals surface area (Å²) in [6.45, 7) is 2.59. The lowest BCUT2D eigenvalue weighted by Gasteiger charge is -2.25. The maximum Gasteiger partial charge on any atom is 0.313 e. The fraction of sp³-hybridized carbons (Fsp3) is 0.929. The van der Waals surface area contributed by atoms with E-state index in [1.165, 1.54) is 7.11 Å². The lowest BCUT2D eigenvalue weighted by molar-refractivity contribution is -0.155. The zero-order valence-electron chi connectivity index (χ0n) is 12.0. The van der Waals surface area contributed by atoms with Crippen molar-refractivity contribution in [2.75, 3.05) is 27.4 Å². The number of methoxy groups -OCH3 is 2. The summed E-state index contributed by atoms with van der Waals surface area (Å²) in [5.41, 5.74) is -0.519. The molecule has 0 saturated carbocycles. The monoisotopic (exact) mass is 260 g/mol. The van der Waals surface area contributed by atoms with Crippen molar-refractivity contribution in [3.63, 3.8) is 0 Å². The molecule has 4 nitrogen and oxygen atoms in total. The van der Waals surface area contributed by atoms with Crippen molar-refractivity contribution >= 4 is 5.97 Å². The molecule has 0 aliphatic carbocycles. The van der Waals surface area contributed by atoms with Crippen molar-refractivity contribution in [2.45, 2.75) is 51.9 Å². The van der Waals surface area contributed by atoms with Crippen LogP contribution in [0.2, 0.25) is 0 Å². The Bertz CT molecular complexity index is 218. The summed E-state index contributed by atoms with van der Waals surface area (Å²) in [5.74, 6) is -0.190. The molecular weight excluding hydrogens is 232 g/mol. The van der Waals surface area contributed by atoms with E-state index in [1.807, 2.05) is 6.92 Å². The minimum atomic E-state index is -0.519. The predicted molar refractivity (Wildman–Crippen MR) is 71.4 cm³/mol. The van der Waals surface area contributed by atoms with Gasteiger partial charge in [-0.1, -0.05) is 32.1 Å². The number of aliphatic hydroxyl groups excluding tert-OH is 1. The first kappa shape index (κ1) is 17.4. The van der Waals surface area contributed by atoms with Crippen LogP contribution in [0.15, 0.2) is 0 Å². The van der Waals surface area contributed by atoms with Crippen molar-refractivity contribution in [2.24, 2.45) is 5.41 Å². The van der Waals surface area contributed by atoms with Gasteiger partial charge in [-0.2, -0.15) is 0 Å². The molecule has 0 aliphatic rings. The molecule has 1 atom stereocenters. The molecule has 0 aliphatic heterocycles. The highest BCUT2D eigenvalue weighted by Gasteiger charge is 2.33. The van der Waals surface area contributed by atoms with Gasteiger partial charge in [0.2, 0.25) is 0 Å². The van der Waals surface area contributed by atoms with Crippen molar-refractivity contribution in [1.82, 2.24) is 0 Å². The maximum absolute atomic E-state index is 11.7. The summed E-state index contributed by atoms with van der Waals surface area (Å²) in [5, 5.41) is 8.66. The van der Waals surface area contributed by atoms with Crippen LogP contribution in [0.3, 0.4) is 0 Å². The van der Waals surface area contributed by atoms with Gasteiger partial charge in [-0.3, -0.25) is 4.79 Å². The highest BCUT2D eigenvalue weighted by molar-refractivity contribution is 5.76. The number of rotatable bonds is 11. The van der Waals surface area contributed by atoms with Crippen molar-refractivity contribution in [3.8, 4) is 0 Å². The van der Waals surface area contributed by atoms with Gasteiger partial charge in [0, 0.05) is 13.7 Å². The number of aliphatic hydroxyl groups is 1. The first-order chi connectivity index (χ1) is 8.60. The lowest BCUT2D eigenvalue weighted by Crippen LogP contribution is -2.33. The summed E-state index contributed by atoms with van der Waals surface area (Å²) in [7, 11) is 3.03. The molecule has 18 heavy (non-hydrogen) atoms. The number of hydrogen-bond acceptors (Lipinski definition) is 4. The topological polar surface area (TPSA) is 55.8 Å². The Balaban J connectivity index is 3.80. The second-order valence-electron chi connectivity index (χ2n) is 5.08. The van der Waals surface area contributed by atoms with Gasteiger partial charge in [-0.25, -0.2) is 0 Å². The van der Waals surface area contributed by atoms with Gasteiger partial charge in [0.15, 0.2) is 0 Å². The van der Waals surface area contributed by atoms with Gasteiger partial charge in [0.1, 0.15) is 0 Å². The van der Waals surface area contributed by atoms with Crippen LogP contribution in [0.25, 0.3) is 0 Å². The van der Waals surface area contributed by atoms with E-state index >= 15 is 0 Å². The molecule has 1 unspecified atom stereocenters. The van der Waals surface area contributed by atoms with Crippen LogP contribution in [0.1, 0.15) is 51.9 Å². The molecule has 108 valence electrons. The third-order valence-corrected chi connectivity index (χ3v) is 3.28. The van der Waals surface area contributed by atoms with Crippen LogP contribution in [-0.2, 0) is 14.3 Å². The number of carbonyl (C=O) groups is 1. The van der Waals surface area contributed by atoms with E-state index in [-0.39, 0.29) is 12.6 Å². The molecular formula is C14H28O4. The Morgan fingerprint density at radius 1 is 1.06 bits per heavy atom. The Hall–Kier alpha value is -0.610. The first-order valence-corrected chi connectivity index (χ1v) is 6.79. The SMILES string of the molecule is COCC(C)(CCCCCCCCO)C(=O)OC. The normalized spacial score (nSPS) is 14.2. The number of unbranched alkanes of at least 4 members (excludes halogenated alkanes) is 5. The van der Waals surface area contributed by atoms with Crippen LogP contribution in [-0.4, -0.2) is 38.5 Å². The quantitative estimate of drug-likeness (QED) is 0.458. The Morgan fingerprint density at radius 2 is 1.61 bits per heavy atom. The number of carbonyl (C=O) groups excluding carboxylic acids is 1. The number of hydrogen-bond donors (Lipinski definition) is 1. The van der Waals surface area contributed by atoms with Crippen molar-refractivity contribution in [1.29, 1.82) is 0 Å². The van der Waals surface area contributed by atoms with E-state index in [2.05, 4.69) is 0 Å². The van der Waals surface area contributed by atoms with E-state index in [0.29, 0.717) is 6.61 Å². The molecule has 0 amide bonds. The highest BCUT2D eigenvalue weighted by Crippen LogP contribution is 2.26. The molecule has 0 aromatic carbocycles. The molecule has 0 saturated heterocycles. The van der Waals surface area contributed by atoms with Gasteiger partial charge in [0.25, 0.3) is 0 Å². The molecule has 0 bridgehead atoms. The van der Waals surface area contributed by atoms with Crippen LogP contribution < -0.4 is 0 Å². The lowest BCUT2D eigenvalue weighted by atomic mass is 9.85. The summed E-state index contributed by atoms with van der Waals surface area (Å²) < 4.78 is 9.94. The van der Waals surface area contributed by atoms with Crippen LogP contribution in [0, 0.1) is 5.41 Å². The zero-order chi connectivity index (χ0) is 13.9. The van der Waals surface area contributed by atoms with E-state index in [1.54, 1.807) is 7.11 Å². The van der Waals surface area contributed by atoms with Gasteiger partial charge < -0.3 is 14.6 Å². The molecule has 0 heterocycles. The Kier molecular flexibility index (Phi) is 9.98. The minimum absolute atomic E-state index is 0.190. The van der Waals surface area contributed by atoms with Crippen molar-refractivity contribution in [3.05, 3.63) is 0 Å². The largest absolute Gasteiger partial charge is 0.469 e. The second-order valence-corrected chi connectivity index (χ2v) is 5.08. The summed E-state index contributed by atoms with van der Waals surface area (Å²) in [4.78, 5) is 11.7. The average Bonchev–Trinajstić information content (AvgIpc) is 2.37. The summed E-state index contributed by atoms with van der Waals surface area (Å²) >= 11 is 0. The zero-order valence-corrected chi connectivity index (χ0v) is 12.0. The third-order valence-electron chi connectivity index (χ3n) is 3.28. The summed E-state index contributed by atoms with van der Waals surface area (Å²) in [6, 6.07) is 0. The minimum Gasteiger partial charge on any atom is -0.469 e. The maximum atomic E-state index is 11.7. The number of esters is 1. The molecule has 0 aromatic rings. The fourth-order valence-corrected chi connectivity index (χ4v) is 2.13. The Labute approximate surface area is 111 Å². The van der Waals surface area contributed by atoms with Gasteiger partial charge in [0.05, 0.1) is 19.1 Å². The molecule has 0 spiro atoms. The molecule has 0 radical (unpaired) electrons. The molecule has 4 heteroatoms.